The molecule has 0 unspecified atom stereocenters. The van der Waals surface area contributed by atoms with Crippen molar-refractivity contribution in [2.75, 3.05) is 6.61 Å². The van der Waals surface area contributed by atoms with Gasteiger partial charge < -0.3 is 9.84 Å². The number of aromatic nitrogens is 3. The van der Waals surface area contributed by atoms with Crippen LogP contribution in [0, 0.1) is 18.8 Å². The molecular weight excluding hydrogens is 242 g/mol. The van der Waals surface area contributed by atoms with Crippen molar-refractivity contribution >= 4 is 0 Å². The first-order chi connectivity index (χ1) is 9.19. The molecule has 1 aromatic carbocycles. The van der Waals surface area contributed by atoms with Crippen molar-refractivity contribution in [2.45, 2.75) is 13.5 Å². The Hall–Kier alpha value is -2.32. The minimum Gasteiger partial charge on any atom is -0.487 e. The summed E-state index contributed by atoms with van der Waals surface area (Å²) >= 11 is 0. The summed E-state index contributed by atoms with van der Waals surface area (Å²) in [5.41, 5.74) is 2.64. The number of rotatable bonds is 3. The Morgan fingerprint density at radius 2 is 2.26 bits per heavy atom. The second kappa shape index (κ2) is 6.03. The standard InChI is InChI=1S/C14H15N3O2/c1-11-8-12(4-3-7-18)5-6-14(11)19-10-13-9-17(2)16-15-13/h5-6,8-9,18H,7,10H2,1-2H3. The first-order valence-corrected chi connectivity index (χ1v) is 5.87. The molecule has 19 heavy (non-hydrogen) atoms. The van der Waals surface area contributed by atoms with Crippen LogP contribution in [0.25, 0.3) is 0 Å². The zero-order valence-corrected chi connectivity index (χ0v) is 10.9. The van der Waals surface area contributed by atoms with Gasteiger partial charge in [0.2, 0.25) is 0 Å². The number of nitrogens with zero attached hydrogens (tertiary/aromatic N) is 3. The van der Waals surface area contributed by atoms with Crippen LogP contribution < -0.4 is 4.74 Å². The van der Waals surface area contributed by atoms with Crippen molar-refractivity contribution < 1.29 is 9.84 Å². The average Bonchev–Trinajstić information content (AvgIpc) is 2.81. The molecule has 0 aliphatic rings. The van der Waals surface area contributed by atoms with Gasteiger partial charge >= 0.3 is 0 Å². The number of ether oxygens (including phenoxy) is 1. The van der Waals surface area contributed by atoms with Crippen LogP contribution in [-0.4, -0.2) is 26.7 Å². The molecule has 0 saturated heterocycles. The van der Waals surface area contributed by atoms with Crippen LogP contribution in [0.2, 0.25) is 0 Å². The molecule has 0 amide bonds. The van der Waals surface area contributed by atoms with Crippen LogP contribution in [0.1, 0.15) is 16.8 Å². The molecule has 0 atom stereocenters. The van der Waals surface area contributed by atoms with Crippen molar-refractivity contribution in [3.8, 4) is 17.6 Å². The molecule has 5 heteroatoms. The molecule has 1 aromatic heterocycles. The van der Waals surface area contributed by atoms with Crippen LogP contribution in [0.15, 0.2) is 24.4 Å². The van der Waals surface area contributed by atoms with E-state index in [-0.39, 0.29) is 6.61 Å². The quantitative estimate of drug-likeness (QED) is 0.835. The largest absolute Gasteiger partial charge is 0.487 e. The molecule has 2 rings (SSSR count). The van der Waals surface area contributed by atoms with Gasteiger partial charge in [-0.25, -0.2) is 0 Å². The summed E-state index contributed by atoms with van der Waals surface area (Å²) in [6.07, 6.45) is 1.82. The van der Waals surface area contributed by atoms with Gasteiger partial charge in [-0.2, -0.15) is 0 Å². The Balaban J connectivity index is 2.05. The van der Waals surface area contributed by atoms with E-state index >= 15 is 0 Å². The van der Waals surface area contributed by atoms with Crippen molar-refractivity contribution in [3.63, 3.8) is 0 Å². The lowest BCUT2D eigenvalue weighted by Crippen LogP contribution is -1.97. The average molecular weight is 257 g/mol. The van der Waals surface area contributed by atoms with Gasteiger partial charge in [-0.3, -0.25) is 4.68 Å². The monoisotopic (exact) mass is 257 g/mol. The third-order valence-corrected chi connectivity index (χ3v) is 2.51. The van der Waals surface area contributed by atoms with Crippen molar-refractivity contribution in [1.82, 2.24) is 15.0 Å². The molecule has 0 aliphatic heterocycles. The van der Waals surface area contributed by atoms with E-state index in [0.29, 0.717) is 6.61 Å². The van der Waals surface area contributed by atoms with Crippen molar-refractivity contribution in [2.24, 2.45) is 7.05 Å². The lowest BCUT2D eigenvalue weighted by molar-refractivity contribution is 0.299. The van der Waals surface area contributed by atoms with E-state index in [9.17, 15) is 0 Å². The summed E-state index contributed by atoms with van der Waals surface area (Å²) < 4.78 is 7.32. The Kier molecular flexibility index (Phi) is 4.16. The number of benzene rings is 1. The minimum atomic E-state index is -0.135. The van der Waals surface area contributed by atoms with E-state index in [2.05, 4.69) is 22.2 Å². The van der Waals surface area contributed by atoms with Crippen LogP contribution >= 0.6 is 0 Å². The highest BCUT2D eigenvalue weighted by atomic mass is 16.5. The predicted molar refractivity (Wildman–Crippen MR) is 70.5 cm³/mol. The van der Waals surface area contributed by atoms with Gasteiger partial charge in [-0.1, -0.05) is 17.1 Å². The molecule has 0 fully saturated rings. The fourth-order valence-corrected chi connectivity index (χ4v) is 1.64. The SMILES string of the molecule is Cc1cc(C#CCO)ccc1OCc1cn(C)nn1. The molecule has 0 aliphatic carbocycles. The third kappa shape index (κ3) is 3.57. The second-order valence-corrected chi connectivity index (χ2v) is 4.11. The fourth-order valence-electron chi connectivity index (χ4n) is 1.64. The molecule has 0 spiro atoms. The van der Waals surface area contributed by atoms with E-state index in [1.807, 2.05) is 38.4 Å². The maximum atomic E-state index is 8.65. The Bertz CT molecular complexity index is 623. The van der Waals surface area contributed by atoms with Crippen LogP contribution in [-0.2, 0) is 13.7 Å². The van der Waals surface area contributed by atoms with Gasteiger partial charge in [-0.15, -0.1) is 5.10 Å². The van der Waals surface area contributed by atoms with Gasteiger partial charge in [0.1, 0.15) is 24.7 Å². The summed E-state index contributed by atoms with van der Waals surface area (Å²) in [4.78, 5) is 0. The predicted octanol–water partition coefficient (Wildman–Crippen LogP) is 1.05. The Labute approximate surface area is 111 Å². The molecular formula is C14H15N3O2. The number of aryl methyl sites for hydroxylation is 2. The van der Waals surface area contributed by atoms with Crippen LogP contribution in [0.3, 0.4) is 0 Å². The lowest BCUT2D eigenvalue weighted by Gasteiger charge is -2.07. The van der Waals surface area contributed by atoms with E-state index in [4.69, 9.17) is 9.84 Å². The summed E-state index contributed by atoms with van der Waals surface area (Å²) in [6, 6.07) is 5.66. The second-order valence-electron chi connectivity index (χ2n) is 4.11. The van der Waals surface area contributed by atoms with Gasteiger partial charge in [-0.05, 0) is 30.7 Å². The van der Waals surface area contributed by atoms with E-state index in [1.165, 1.54) is 0 Å². The molecule has 1 heterocycles. The van der Waals surface area contributed by atoms with E-state index in [1.54, 1.807) is 4.68 Å². The summed E-state index contributed by atoms with van der Waals surface area (Å²) in [7, 11) is 1.82. The zero-order valence-electron chi connectivity index (χ0n) is 10.9. The number of aliphatic hydroxyl groups is 1. The van der Waals surface area contributed by atoms with E-state index < -0.39 is 0 Å². The van der Waals surface area contributed by atoms with E-state index in [0.717, 1.165) is 22.6 Å². The topological polar surface area (TPSA) is 60.2 Å². The highest BCUT2D eigenvalue weighted by Gasteiger charge is 2.03. The number of hydrogen-bond donors (Lipinski definition) is 1. The summed E-state index contributed by atoms with van der Waals surface area (Å²) in [6.45, 7) is 2.20. The molecule has 0 bridgehead atoms. The van der Waals surface area contributed by atoms with Gasteiger partial charge in [0.15, 0.2) is 0 Å². The molecule has 0 radical (unpaired) electrons. The summed E-state index contributed by atoms with van der Waals surface area (Å²) in [5.74, 6) is 6.27. The van der Waals surface area contributed by atoms with Crippen molar-refractivity contribution in [1.29, 1.82) is 0 Å². The molecule has 0 saturated carbocycles. The lowest BCUT2D eigenvalue weighted by atomic mass is 10.1. The van der Waals surface area contributed by atoms with Gasteiger partial charge in [0, 0.05) is 12.6 Å². The number of aliphatic hydroxyl groups excluding tert-OH is 1. The zero-order chi connectivity index (χ0) is 13.7. The van der Waals surface area contributed by atoms with Crippen LogP contribution in [0.4, 0.5) is 0 Å². The third-order valence-electron chi connectivity index (χ3n) is 2.51. The molecule has 1 N–H and O–H groups in total. The Morgan fingerprint density at radius 1 is 1.42 bits per heavy atom. The highest BCUT2D eigenvalue weighted by molar-refractivity contribution is 5.43. The fraction of sp³-hybridized carbons (Fsp3) is 0.286. The first-order valence-electron chi connectivity index (χ1n) is 5.87. The number of hydrogen-bond acceptors (Lipinski definition) is 4. The van der Waals surface area contributed by atoms with Crippen LogP contribution in [0.5, 0.6) is 5.75 Å². The Morgan fingerprint density at radius 3 is 2.89 bits per heavy atom. The smallest absolute Gasteiger partial charge is 0.134 e. The maximum Gasteiger partial charge on any atom is 0.134 e. The minimum absolute atomic E-state index is 0.135. The maximum absolute atomic E-state index is 8.65. The van der Waals surface area contributed by atoms with Crippen molar-refractivity contribution in [3.05, 3.63) is 41.2 Å². The normalized spacial score (nSPS) is 9.84. The molecule has 5 nitrogen and oxygen atoms in total. The molecule has 2 aromatic rings. The highest BCUT2D eigenvalue weighted by Crippen LogP contribution is 2.19. The summed E-state index contributed by atoms with van der Waals surface area (Å²) in [5, 5.41) is 16.5. The van der Waals surface area contributed by atoms with Gasteiger partial charge in [0.05, 0.1) is 6.20 Å². The molecule has 98 valence electrons. The van der Waals surface area contributed by atoms with Gasteiger partial charge in [0.25, 0.3) is 0 Å². The first kappa shape index (κ1) is 13.1.